The zero-order chi connectivity index (χ0) is 25.0. The van der Waals surface area contributed by atoms with Crippen LogP contribution in [0.25, 0.3) is 10.9 Å². The molecule has 180 valence electrons. The third-order valence-electron chi connectivity index (χ3n) is 7.48. The number of hydrogen-bond acceptors (Lipinski definition) is 5. The van der Waals surface area contributed by atoms with E-state index in [4.69, 9.17) is 0 Å². The SMILES string of the molecule is CC1c2[nH]c3ccccc3c2C(c2ccccc2)CN1C1CC(=O)N(c2ccccc2[N+](=O)[O-])C1=O. The topological polar surface area (TPSA) is 99.6 Å². The van der Waals surface area contributed by atoms with E-state index in [2.05, 4.69) is 28.1 Å². The zero-order valence-electron chi connectivity index (χ0n) is 19.6. The minimum absolute atomic E-state index is 0.00318. The van der Waals surface area contributed by atoms with Gasteiger partial charge in [-0.15, -0.1) is 0 Å². The van der Waals surface area contributed by atoms with E-state index in [0.29, 0.717) is 6.54 Å². The molecule has 2 amide bonds. The molecule has 2 aliphatic rings. The van der Waals surface area contributed by atoms with Gasteiger partial charge in [0.15, 0.2) is 0 Å². The van der Waals surface area contributed by atoms with Gasteiger partial charge in [-0.25, -0.2) is 4.90 Å². The van der Waals surface area contributed by atoms with Gasteiger partial charge in [0.25, 0.3) is 11.6 Å². The second kappa shape index (κ2) is 8.42. The zero-order valence-corrected chi connectivity index (χ0v) is 19.6. The number of nitro groups is 1. The van der Waals surface area contributed by atoms with Gasteiger partial charge in [-0.05, 0) is 30.2 Å². The van der Waals surface area contributed by atoms with Crippen LogP contribution in [0.4, 0.5) is 11.4 Å². The fourth-order valence-corrected chi connectivity index (χ4v) is 5.81. The molecule has 3 unspecified atom stereocenters. The Balaban J connectivity index is 1.43. The Labute approximate surface area is 207 Å². The van der Waals surface area contributed by atoms with E-state index in [0.717, 1.165) is 27.1 Å². The van der Waals surface area contributed by atoms with Crippen LogP contribution >= 0.6 is 0 Å². The van der Waals surface area contributed by atoms with Crippen LogP contribution in [0.1, 0.15) is 42.1 Å². The standard InChI is InChI=1S/C28H24N4O4/c1-17-27-26(19-11-5-6-12-21(19)29-27)20(18-9-3-2-4-10-18)16-30(17)24-15-25(33)31(28(24)34)22-13-7-8-14-23(22)32(35)36/h2-14,17,20,24,29H,15-16H2,1H3. The number of carbonyl (C=O) groups is 2. The summed E-state index contributed by atoms with van der Waals surface area (Å²) in [6.45, 7) is 2.59. The van der Waals surface area contributed by atoms with Crippen LogP contribution in [0, 0.1) is 10.1 Å². The number of anilines is 1. The Morgan fingerprint density at radius 1 is 0.944 bits per heavy atom. The molecular weight excluding hydrogens is 456 g/mol. The first-order valence-electron chi connectivity index (χ1n) is 12.0. The van der Waals surface area contributed by atoms with Gasteiger partial charge in [-0.3, -0.25) is 24.6 Å². The molecule has 3 atom stereocenters. The number of rotatable bonds is 4. The number of aromatic nitrogens is 1. The van der Waals surface area contributed by atoms with Gasteiger partial charge in [-0.1, -0.05) is 60.7 Å². The van der Waals surface area contributed by atoms with Crippen LogP contribution in [-0.2, 0) is 9.59 Å². The molecule has 8 nitrogen and oxygen atoms in total. The lowest BCUT2D eigenvalue weighted by Crippen LogP contribution is -2.47. The third-order valence-corrected chi connectivity index (χ3v) is 7.48. The number of para-hydroxylation sites is 3. The molecule has 2 aliphatic heterocycles. The summed E-state index contributed by atoms with van der Waals surface area (Å²) in [4.78, 5) is 44.5. The summed E-state index contributed by atoms with van der Waals surface area (Å²) >= 11 is 0. The molecule has 3 aromatic carbocycles. The van der Waals surface area contributed by atoms with E-state index < -0.39 is 22.8 Å². The Morgan fingerprint density at radius 3 is 2.42 bits per heavy atom. The number of nitrogens with zero attached hydrogens (tertiary/aromatic N) is 3. The first-order chi connectivity index (χ1) is 17.5. The second-order valence-corrected chi connectivity index (χ2v) is 9.37. The maximum absolute atomic E-state index is 13.7. The van der Waals surface area contributed by atoms with Crippen molar-refractivity contribution in [3.05, 3.63) is 106 Å². The summed E-state index contributed by atoms with van der Waals surface area (Å²) in [7, 11) is 0. The monoisotopic (exact) mass is 480 g/mol. The Morgan fingerprint density at radius 2 is 1.64 bits per heavy atom. The summed E-state index contributed by atoms with van der Waals surface area (Å²) in [5.41, 5.74) is 4.18. The minimum atomic E-state index is -0.710. The fraction of sp³-hybridized carbons (Fsp3) is 0.214. The molecule has 0 bridgehead atoms. The smallest absolute Gasteiger partial charge is 0.293 e. The lowest BCUT2D eigenvalue weighted by Gasteiger charge is -2.40. The summed E-state index contributed by atoms with van der Waals surface area (Å²) in [5, 5.41) is 12.7. The van der Waals surface area contributed by atoms with Gasteiger partial charge in [0.05, 0.1) is 17.4 Å². The maximum Gasteiger partial charge on any atom is 0.293 e. The summed E-state index contributed by atoms with van der Waals surface area (Å²) in [5.74, 6) is -0.853. The molecule has 8 heteroatoms. The highest BCUT2D eigenvalue weighted by atomic mass is 16.6. The van der Waals surface area contributed by atoms with Gasteiger partial charge >= 0.3 is 0 Å². The number of nitrogens with one attached hydrogen (secondary N) is 1. The number of hydrogen-bond donors (Lipinski definition) is 1. The van der Waals surface area contributed by atoms with Crippen LogP contribution in [-0.4, -0.2) is 39.2 Å². The van der Waals surface area contributed by atoms with Crippen molar-refractivity contribution in [1.82, 2.24) is 9.88 Å². The molecule has 4 aromatic rings. The number of fused-ring (bicyclic) bond motifs is 3. The molecule has 1 fully saturated rings. The summed E-state index contributed by atoms with van der Waals surface area (Å²) < 4.78 is 0. The fourth-order valence-electron chi connectivity index (χ4n) is 5.81. The van der Waals surface area contributed by atoms with Crippen LogP contribution in [0.2, 0.25) is 0 Å². The number of carbonyl (C=O) groups excluding carboxylic acids is 2. The minimum Gasteiger partial charge on any atom is -0.357 e. The van der Waals surface area contributed by atoms with Crippen molar-refractivity contribution in [2.45, 2.75) is 31.3 Å². The van der Waals surface area contributed by atoms with Crippen molar-refractivity contribution in [3.8, 4) is 0 Å². The third kappa shape index (κ3) is 3.33. The van der Waals surface area contributed by atoms with E-state index in [-0.39, 0.29) is 29.8 Å². The Kier molecular flexibility index (Phi) is 5.19. The molecule has 6 rings (SSSR count). The highest BCUT2D eigenvalue weighted by Crippen LogP contribution is 2.45. The van der Waals surface area contributed by atoms with Crippen molar-refractivity contribution in [1.29, 1.82) is 0 Å². The Bertz CT molecular complexity index is 1510. The average molecular weight is 481 g/mol. The predicted octanol–water partition coefficient (Wildman–Crippen LogP) is 4.92. The molecule has 36 heavy (non-hydrogen) atoms. The van der Waals surface area contributed by atoms with Crippen LogP contribution in [0.15, 0.2) is 78.9 Å². The van der Waals surface area contributed by atoms with Crippen molar-refractivity contribution in [2.75, 3.05) is 11.4 Å². The van der Waals surface area contributed by atoms with Crippen molar-refractivity contribution in [2.24, 2.45) is 0 Å². The number of imide groups is 1. The Hall–Kier alpha value is -4.30. The highest BCUT2D eigenvalue weighted by Gasteiger charge is 2.48. The highest BCUT2D eigenvalue weighted by molar-refractivity contribution is 6.23. The van der Waals surface area contributed by atoms with E-state index >= 15 is 0 Å². The van der Waals surface area contributed by atoms with Crippen LogP contribution < -0.4 is 4.90 Å². The van der Waals surface area contributed by atoms with E-state index in [1.807, 2.05) is 43.3 Å². The number of nitro benzene ring substituents is 1. The van der Waals surface area contributed by atoms with Crippen molar-refractivity contribution >= 4 is 34.1 Å². The van der Waals surface area contributed by atoms with Gasteiger partial charge in [-0.2, -0.15) is 0 Å². The number of H-pyrrole nitrogens is 1. The maximum atomic E-state index is 13.7. The number of benzene rings is 3. The number of aromatic amines is 1. The van der Waals surface area contributed by atoms with Gasteiger partial charge in [0.1, 0.15) is 5.69 Å². The first kappa shape index (κ1) is 22.2. The first-order valence-corrected chi connectivity index (χ1v) is 12.0. The number of amides is 2. The molecule has 1 N–H and O–H groups in total. The molecule has 0 spiro atoms. The lowest BCUT2D eigenvalue weighted by atomic mass is 9.83. The van der Waals surface area contributed by atoms with Gasteiger partial charge in [0.2, 0.25) is 5.91 Å². The summed E-state index contributed by atoms with van der Waals surface area (Å²) in [6, 6.07) is 23.4. The predicted molar refractivity (Wildman–Crippen MR) is 136 cm³/mol. The largest absolute Gasteiger partial charge is 0.357 e. The van der Waals surface area contributed by atoms with E-state index in [1.54, 1.807) is 6.07 Å². The van der Waals surface area contributed by atoms with Gasteiger partial charge < -0.3 is 4.98 Å². The quantitative estimate of drug-likeness (QED) is 0.254. The molecule has 3 heterocycles. The molecule has 1 saturated heterocycles. The summed E-state index contributed by atoms with van der Waals surface area (Å²) in [6.07, 6.45) is -0.0215. The molecule has 0 radical (unpaired) electrons. The van der Waals surface area contributed by atoms with E-state index in [1.165, 1.54) is 23.8 Å². The normalized spacial score (nSPS) is 22.2. The molecule has 1 aromatic heterocycles. The molecule has 0 aliphatic carbocycles. The van der Waals surface area contributed by atoms with Crippen molar-refractivity contribution in [3.63, 3.8) is 0 Å². The van der Waals surface area contributed by atoms with Crippen LogP contribution in [0.3, 0.4) is 0 Å². The second-order valence-electron chi connectivity index (χ2n) is 9.37. The molecular formula is C28H24N4O4. The van der Waals surface area contributed by atoms with Crippen LogP contribution in [0.5, 0.6) is 0 Å². The average Bonchev–Trinajstić information content (AvgIpc) is 3.42. The van der Waals surface area contributed by atoms with E-state index in [9.17, 15) is 19.7 Å². The lowest BCUT2D eigenvalue weighted by molar-refractivity contribution is -0.384. The molecule has 0 saturated carbocycles. The van der Waals surface area contributed by atoms with Gasteiger partial charge in [0, 0.05) is 41.2 Å². The van der Waals surface area contributed by atoms with Crippen molar-refractivity contribution < 1.29 is 14.5 Å².